The average Bonchev–Trinajstić information content (AvgIpc) is 2.57. The Hall–Kier alpha value is -0.730. The summed E-state index contributed by atoms with van der Waals surface area (Å²) in [5, 5.41) is 0.721. The van der Waals surface area contributed by atoms with Crippen molar-refractivity contribution in [2.24, 2.45) is 0 Å². The molecule has 0 radical (unpaired) electrons. The largest absolute Gasteiger partial charge is 0.398 e. The lowest BCUT2D eigenvalue weighted by Gasteiger charge is -2.29. The highest BCUT2D eigenvalue weighted by molar-refractivity contribution is 6.30. The Morgan fingerprint density at radius 3 is 2.89 bits per heavy atom. The number of nitrogens with zero attached hydrogens (tertiary/aromatic N) is 1. The Labute approximate surface area is 115 Å². The van der Waals surface area contributed by atoms with Gasteiger partial charge in [0.25, 0.3) is 0 Å². The van der Waals surface area contributed by atoms with Crippen LogP contribution in [0.1, 0.15) is 44.6 Å². The quantitative estimate of drug-likeness (QED) is 0.836. The van der Waals surface area contributed by atoms with Crippen LogP contribution in [-0.2, 0) is 6.54 Å². The lowest BCUT2D eigenvalue weighted by atomic mass is 10.1. The van der Waals surface area contributed by atoms with E-state index in [9.17, 15) is 0 Å². The number of halogens is 1. The molecule has 2 rings (SSSR count). The fraction of sp³-hybridized carbons (Fsp3) is 0.600. The minimum Gasteiger partial charge on any atom is -0.398 e. The molecule has 1 fully saturated rings. The molecule has 1 heterocycles. The van der Waals surface area contributed by atoms with Gasteiger partial charge in [0.15, 0.2) is 0 Å². The van der Waals surface area contributed by atoms with E-state index in [1.807, 2.05) is 12.1 Å². The summed E-state index contributed by atoms with van der Waals surface area (Å²) in [4.78, 5) is 2.59. The molecule has 0 aromatic heterocycles. The molecule has 1 unspecified atom stereocenters. The van der Waals surface area contributed by atoms with Crippen molar-refractivity contribution in [3.8, 4) is 0 Å². The van der Waals surface area contributed by atoms with Crippen LogP contribution < -0.4 is 5.73 Å². The molecule has 0 spiro atoms. The SMILES string of the molecule is CCC1CCCCCN1Cc1ccc(Cl)cc1N. The summed E-state index contributed by atoms with van der Waals surface area (Å²) in [5.74, 6) is 0. The van der Waals surface area contributed by atoms with Crippen LogP contribution in [-0.4, -0.2) is 17.5 Å². The first-order chi connectivity index (χ1) is 8.70. The average molecular weight is 267 g/mol. The van der Waals surface area contributed by atoms with Gasteiger partial charge in [0.1, 0.15) is 0 Å². The maximum absolute atomic E-state index is 6.05. The van der Waals surface area contributed by atoms with E-state index in [0.29, 0.717) is 6.04 Å². The lowest BCUT2D eigenvalue weighted by Crippen LogP contribution is -2.34. The monoisotopic (exact) mass is 266 g/mol. The third kappa shape index (κ3) is 3.39. The van der Waals surface area contributed by atoms with Gasteiger partial charge >= 0.3 is 0 Å². The molecule has 1 saturated heterocycles. The van der Waals surface area contributed by atoms with Crippen LogP contribution in [0.4, 0.5) is 5.69 Å². The normalized spacial score (nSPS) is 21.8. The molecule has 3 heteroatoms. The molecule has 100 valence electrons. The fourth-order valence-corrected chi connectivity index (χ4v) is 3.02. The van der Waals surface area contributed by atoms with E-state index >= 15 is 0 Å². The van der Waals surface area contributed by atoms with Crippen molar-refractivity contribution >= 4 is 17.3 Å². The molecule has 1 aliphatic heterocycles. The maximum Gasteiger partial charge on any atom is 0.0426 e. The van der Waals surface area contributed by atoms with E-state index in [1.54, 1.807) is 0 Å². The minimum absolute atomic E-state index is 0.711. The van der Waals surface area contributed by atoms with Gasteiger partial charge < -0.3 is 5.73 Å². The Kier molecular flexibility index (Phi) is 4.90. The number of nitrogen functional groups attached to an aromatic ring is 1. The molecular formula is C15H23ClN2. The van der Waals surface area contributed by atoms with Crippen LogP contribution in [0, 0.1) is 0 Å². The highest BCUT2D eigenvalue weighted by atomic mass is 35.5. The molecule has 0 bridgehead atoms. The Bertz CT molecular complexity index is 392. The van der Waals surface area contributed by atoms with Crippen LogP contribution in [0.25, 0.3) is 0 Å². The predicted molar refractivity (Wildman–Crippen MR) is 78.8 cm³/mol. The zero-order chi connectivity index (χ0) is 13.0. The van der Waals surface area contributed by atoms with Crippen LogP contribution in [0.2, 0.25) is 5.02 Å². The number of anilines is 1. The van der Waals surface area contributed by atoms with Crippen LogP contribution >= 0.6 is 11.6 Å². The van der Waals surface area contributed by atoms with E-state index in [2.05, 4.69) is 17.9 Å². The zero-order valence-corrected chi connectivity index (χ0v) is 11.9. The van der Waals surface area contributed by atoms with Gasteiger partial charge in [0.05, 0.1) is 0 Å². The second-order valence-corrected chi connectivity index (χ2v) is 5.66. The third-order valence-electron chi connectivity index (χ3n) is 3.95. The van der Waals surface area contributed by atoms with Crippen molar-refractivity contribution in [1.29, 1.82) is 0 Å². The van der Waals surface area contributed by atoms with Crippen molar-refractivity contribution in [2.45, 2.75) is 51.6 Å². The number of likely N-dealkylation sites (tertiary alicyclic amines) is 1. The molecule has 2 nitrogen and oxygen atoms in total. The summed E-state index contributed by atoms with van der Waals surface area (Å²) in [5.41, 5.74) is 8.08. The lowest BCUT2D eigenvalue weighted by molar-refractivity contribution is 0.186. The molecule has 1 atom stereocenters. The van der Waals surface area contributed by atoms with E-state index in [0.717, 1.165) is 17.3 Å². The molecule has 2 N–H and O–H groups in total. The first kappa shape index (κ1) is 13.7. The van der Waals surface area contributed by atoms with E-state index in [-0.39, 0.29) is 0 Å². The van der Waals surface area contributed by atoms with Crippen molar-refractivity contribution in [2.75, 3.05) is 12.3 Å². The summed E-state index contributed by atoms with van der Waals surface area (Å²) < 4.78 is 0. The highest BCUT2D eigenvalue weighted by Crippen LogP contribution is 2.24. The maximum atomic E-state index is 6.05. The number of hydrogen-bond acceptors (Lipinski definition) is 2. The molecule has 1 aromatic rings. The molecule has 0 saturated carbocycles. The van der Waals surface area contributed by atoms with Crippen LogP contribution in [0.15, 0.2) is 18.2 Å². The van der Waals surface area contributed by atoms with Gasteiger partial charge in [-0.15, -0.1) is 0 Å². The minimum atomic E-state index is 0.711. The summed E-state index contributed by atoms with van der Waals surface area (Å²) in [6, 6.07) is 6.57. The topological polar surface area (TPSA) is 29.3 Å². The Balaban J connectivity index is 2.10. The van der Waals surface area contributed by atoms with Gasteiger partial charge in [-0.05, 0) is 43.5 Å². The number of nitrogens with two attached hydrogens (primary N) is 1. The smallest absolute Gasteiger partial charge is 0.0426 e. The predicted octanol–water partition coefficient (Wildman–Crippen LogP) is 4.08. The van der Waals surface area contributed by atoms with Crippen molar-refractivity contribution < 1.29 is 0 Å². The molecule has 1 aromatic carbocycles. The Morgan fingerprint density at radius 2 is 2.17 bits per heavy atom. The van der Waals surface area contributed by atoms with E-state index in [1.165, 1.54) is 44.2 Å². The number of hydrogen-bond donors (Lipinski definition) is 1. The van der Waals surface area contributed by atoms with Crippen molar-refractivity contribution in [3.05, 3.63) is 28.8 Å². The van der Waals surface area contributed by atoms with Crippen LogP contribution in [0.3, 0.4) is 0 Å². The second-order valence-electron chi connectivity index (χ2n) is 5.23. The van der Waals surface area contributed by atoms with Crippen molar-refractivity contribution in [3.63, 3.8) is 0 Å². The standard InChI is InChI=1S/C15H23ClN2/c1-2-14-6-4-3-5-9-18(14)11-12-7-8-13(16)10-15(12)17/h7-8,10,14H,2-6,9,11,17H2,1H3. The van der Waals surface area contributed by atoms with Crippen LogP contribution in [0.5, 0.6) is 0 Å². The summed E-state index contributed by atoms with van der Waals surface area (Å²) in [6.45, 7) is 4.44. The van der Waals surface area contributed by atoms with Gasteiger partial charge in [-0.3, -0.25) is 4.90 Å². The highest BCUT2D eigenvalue weighted by Gasteiger charge is 2.19. The summed E-state index contributed by atoms with van der Waals surface area (Å²) >= 11 is 5.95. The van der Waals surface area contributed by atoms with Crippen molar-refractivity contribution in [1.82, 2.24) is 4.90 Å². The molecule has 18 heavy (non-hydrogen) atoms. The van der Waals surface area contributed by atoms with E-state index < -0.39 is 0 Å². The molecule has 1 aliphatic rings. The van der Waals surface area contributed by atoms with Gasteiger partial charge in [0, 0.05) is 23.3 Å². The van der Waals surface area contributed by atoms with Gasteiger partial charge in [-0.25, -0.2) is 0 Å². The zero-order valence-electron chi connectivity index (χ0n) is 11.2. The summed E-state index contributed by atoms with van der Waals surface area (Å²) in [6.07, 6.45) is 6.59. The fourth-order valence-electron chi connectivity index (χ4n) is 2.84. The van der Waals surface area contributed by atoms with Gasteiger partial charge in [-0.2, -0.15) is 0 Å². The second kappa shape index (κ2) is 6.44. The molecule has 0 amide bonds. The third-order valence-corrected chi connectivity index (χ3v) is 4.19. The Morgan fingerprint density at radius 1 is 1.33 bits per heavy atom. The molecule has 0 aliphatic carbocycles. The molecular weight excluding hydrogens is 244 g/mol. The number of benzene rings is 1. The van der Waals surface area contributed by atoms with Gasteiger partial charge in [0.2, 0.25) is 0 Å². The first-order valence-corrected chi connectivity index (χ1v) is 7.36. The van der Waals surface area contributed by atoms with Gasteiger partial charge in [-0.1, -0.05) is 37.4 Å². The van der Waals surface area contributed by atoms with E-state index in [4.69, 9.17) is 17.3 Å². The first-order valence-electron chi connectivity index (χ1n) is 6.98. The number of rotatable bonds is 3. The summed E-state index contributed by atoms with van der Waals surface area (Å²) in [7, 11) is 0.